The lowest BCUT2D eigenvalue weighted by Gasteiger charge is -2.30. The number of nitrogens with one attached hydrogen (secondary N) is 1. The second kappa shape index (κ2) is 6.61. The molecular weight excluding hydrogens is 238 g/mol. The van der Waals surface area contributed by atoms with Gasteiger partial charge in [0, 0.05) is 6.54 Å². The van der Waals surface area contributed by atoms with Crippen molar-refractivity contribution in [2.45, 2.75) is 18.6 Å². The third-order valence-corrected chi connectivity index (χ3v) is 2.50. The van der Waals surface area contributed by atoms with Gasteiger partial charge in [-0.25, -0.2) is 9.59 Å². The monoisotopic (exact) mass is 253 g/mol. The predicted octanol–water partition coefficient (Wildman–Crippen LogP) is -0.0503. The standard InChI is InChI=1S/C11H15N3O4/c1-2-3-9(10(15)16)13-11(17)14-4-5-18-8(6-12)7-14/h2,8-9H,1,3-5,7H2,(H,13,17)(H,15,16). The van der Waals surface area contributed by atoms with E-state index in [9.17, 15) is 9.59 Å². The van der Waals surface area contributed by atoms with E-state index in [-0.39, 0.29) is 19.6 Å². The topological polar surface area (TPSA) is 103 Å². The van der Waals surface area contributed by atoms with Gasteiger partial charge in [-0.1, -0.05) is 6.08 Å². The molecule has 1 saturated heterocycles. The molecule has 0 saturated carbocycles. The Kier molecular flexibility index (Phi) is 5.14. The summed E-state index contributed by atoms with van der Waals surface area (Å²) in [6, 6.07) is 0.405. The van der Waals surface area contributed by atoms with Crippen LogP contribution in [0.15, 0.2) is 12.7 Å². The van der Waals surface area contributed by atoms with Crippen LogP contribution >= 0.6 is 0 Å². The summed E-state index contributed by atoms with van der Waals surface area (Å²) in [6.45, 7) is 4.18. The number of morpholine rings is 1. The van der Waals surface area contributed by atoms with Crippen molar-refractivity contribution in [1.82, 2.24) is 10.2 Å². The summed E-state index contributed by atoms with van der Waals surface area (Å²) in [5, 5.41) is 20.0. The number of carbonyl (C=O) groups is 2. The summed E-state index contributed by atoms with van der Waals surface area (Å²) in [7, 11) is 0. The number of amides is 2. The van der Waals surface area contributed by atoms with Crippen LogP contribution in [0.3, 0.4) is 0 Å². The first-order valence-electron chi connectivity index (χ1n) is 5.48. The van der Waals surface area contributed by atoms with Crippen LogP contribution in [0.4, 0.5) is 4.79 Å². The van der Waals surface area contributed by atoms with Crippen LogP contribution in [-0.4, -0.2) is 53.8 Å². The first-order valence-corrected chi connectivity index (χ1v) is 5.48. The number of aliphatic carboxylic acids is 1. The van der Waals surface area contributed by atoms with Gasteiger partial charge in [0.05, 0.1) is 19.2 Å². The highest BCUT2D eigenvalue weighted by molar-refractivity contribution is 5.82. The number of hydrogen-bond donors (Lipinski definition) is 2. The Labute approximate surface area is 105 Å². The fraction of sp³-hybridized carbons (Fsp3) is 0.545. The number of nitrogens with zero attached hydrogens (tertiary/aromatic N) is 2. The zero-order chi connectivity index (χ0) is 13.5. The lowest BCUT2D eigenvalue weighted by atomic mass is 10.2. The molecule has 0 aromatic heterocycles. The average molecular weight is 253 g/mol. The number of urea groups is 1. The molecule has 0 radical (unpaired) electrons. The average Bonchev–Trinajstić information content (AvgIpc) is 2.38. The third-order valence-electron chi connectivity index (χ3n) is 2.50. The van der Waals surface area contributed by atoms with Gasteiger partial charge in [-0.05, 0) is 6.42 Å². The van der Waals surface area contributed by atoms with E-state index in [0.717, 1.165) is 0 Å². The molecule has 2 amide bonds. The normalized spacial score (nSPS) is 20.6. The van der Waals surface area contributed by atoms with Crippen molar-refractivity contribution in [2.75, 3.05) is 19.7 Å². The fourth-order valence-electron chi connectivity index (χ4n) is 1.54. The summed E-state index contributed by atoms with van der Waals surface area (Å²) in [6.07, 6.45) is 0.913. The van der Waals surface area contributed by atoms with Gasteiger partial charge in [0.1, 0.15) is 6.04 Å². The van der Waals surface area contributed by atoms with Gasteiger partial charge in [-0.3, -0.25) is 0 Å². The highest BCUT2D eigenvalue weighted by Gasteiger charge is 2.27. The second-order valence-corrected chi connectivity index (χ2v) is 3.80. The summed E-state index contributed by atoms with van der Waals surface area (Å²) >= 11 is 0. The first kappa shape index (κ1) is 14.0. The Morgan fingerprint density at radius 1 is 1.72 bits per heavy atom. The van der Waals surface area contributed by atoms with Crippen LogP contribution in [0.2, 0.25) is 0 Å². The lowest BCUT2D eigenvalue weighted by Crippen LogP contribution is -2.53. The van der Waals surface area contributed by atoms with E-state index in [4.69, 9.17) is 15.1 Å². The van der Waals surface area contributed by atoms with Crippen molar-refractivity contribution in [3.05, 3.63) is 12.7 Å². The minimum Gasteiger partial charge on any atom is -0.480 e. The molecule has 2 unspecified atom stereocenters. The molecule has 0 aromatic carbocycles. The Balaban J connectivity index is 2.55. The van der Waals surface area contributed by atoms with Crippen molar-refractivity contribution < 1.29 is 19.4 Å². The van der Waals surface area contributed by atoms with Crippen molar-refractivity contribution in [3.8, 4) is 6.07 Å². The molecule has 0 aliphatic carbocycles. The number of nitriles is 1. The summed E-state index contributed by atoms with van der Waals surface area (Å²) < 4.78 is 5.09. The third kappa shape index (κ3) is 3.75. The zero-order valence-corrected chi connectivity index (χ0v) is 9.83. The van der Waals surface area contributed by atoms with Gasteiger partial charge < -0.3 is 20.1 Å². The molecule has 1 aliphatic heterocycles. The Bertz CT molecular complexity index is 377. The SMILES string of the molecule is C=CCC(NC(=O)N1CCOC(C#N)C1)C(=O)O. The molecule has 18 heavy (non-hydrogen) atoms. The lowest BCUT2D eigenvalue weighted by molar-refractivity contribution is -0.139. The molecule has 2 atom stereocenters. The first-order chi connectivity index (χ1) is 8.58. The fourth-order valence-corrected chi connectivity index (χ4v) is 1.54. The zero-order valence-electron chi connectivity index (χ0n) is 9.83. The van der Waals surface area contributed by atoms with E-state index in [1.807, 2.05) is 6.07 Å². The molecule has 98 valence electrons. The van der Waals surface area contributed by atoms with Crippen LogP contribution in [0, 0.1) is 11.3 Å². The van der Waals surface area contributed by atoms with E-state index < -0.39 is 24.1 Å². The predicted molar refractivity (Wildman–Crippen MR) is 61.7 cm³/mol. The minimum atomic E-state index is -1.12. The molecular formula is C11H15N3O4. The van der Waals surface area contributed by atoms with Crippen molar-refractivity contribution >= 4 is 12.0 Å². The number of carbonyl (C=O) groups excluding carboxylic acids is 1. The molecule has 1 rings (SSSR count). The van der Waals surface area contributed by atoms with Crippen LogP contribution in [-0.2, 0) is 9.53 Å². The van der Waals surface area contributed by atoms with E-state index in [2.05, 4.69) is 11.9 Å². The van der Waals surface area contributed by atoms with Crippen LogP contribution in [0.5, 0.6) is 0 Å². The van der Waals surface area contributed by atoms with Gasteiger partial charge in [0.25, 0.3) is 0 Å². The minimum absolute atomic E-state index is 0.142. The summed E-state index contributed by atoms with van der Waals surface area (Å²) in [5.41, 5.74) is 0. The van der Waals surface area contributed by atoms with Crippen molar-refractivity contribution in [3.63, 3.8) is 0 Å². The maximum atomic E-state index is 11.8. The Morgan fingerprint density at radius 2 is 2.44 bits per heavy atom. The molecule has 0 aromatic rings. The molecule has 2 N–H and O–H groups in total. The van der Waals surface area contributed by atoms with E-state index >= 15 is 0 Å². The summed E-state index contributed by atoms with van der Waals surface area (Å²) in [4.78, 5) is 24.0. The van der Waals surface area contributed by atoms with Gasteiger partial charge >= 0.3 is 12.0 Å². The van der Waals surface area contributed by atoms with Gasteiger partial charge in [0.15, 0.2) is 6.10 Å². The Hall–Kier alpha value is -2.07. The van der Waals surface area contributed by atoms with Crippen LogP contribution in [0.25, 0.3) is 0 Å². The number of hydrogen-bond acceptors (Lipinski definition) is 4. The number of rotatable bonds is 4. The molecule has 1 aliphatic rings. The quantitative estimate of drug-likeness (QED) is 0.684. The maximum absolute atomic E-state index is 11.8. The highest BCUT2D eigenvalue weighted by atomic mass is 16.5. The van der Waals surface area contributed by atoms with E-state index in [1.165, 1.54) is 11.0 Å². The highest BCUT2D eigenvalue weighted by Crippen LogP contribution is 2.05. The Morgan fingerprint density at radius 3 is 3.00 bits per heavy atom. The smallest absolute Gasteiger partial charge is 0.326 e. The van der Waals surface area contributed by atoms with E-state index in [1.54, 1.807) is 0 Å². The second-order valence-electron chi connectivity index (χ2n) is 3.80. The maximum Gasteiger partial charge on any atom is 0.326 e. The largest absolute Gasteiger partial charge is 0.480 e. The van der Waals surface area contributed by atoms with Crippen molar-refractivity contribution in [1.29, 1.82) is 5.26 Å². The van der Waals surface area contributed by atoms with Gasteiger partial charge in [0.2, 0.25) is 0 Å². The number of ether oxygens (including phenoxy) is 1. The van der Waals surface area contributed by atoms with Gasteiger partial charge in [-0.15, -0.1) is 6.58 Å². The van der Waals surface area contributed by atoms with E-state index in [0.29, 0.717) is 6.54 Å². The molecule has 0 bridgehead atoms. The molecule has 0 spiro atoms. The van der Waals surface area contributed by atoms with Crippen LogP contribution in [0.1, 0.15) is 6.42 Å². The number of carboxylic acids is 1. The van der Waals surface area contributed by atoms with Crippen LogP contribution < -0.4 is 5.32 Å². The molecule has 7 heteroatoms. The molecule has 7 nitrogen and oxygen atoms in total. The molecule has 1 fully saturated rings. The van der Waals surface area contributed by atoms with Crippen molar-refractivity contribution in [2.24, 2.45) is 0 Å². The number of carboxylic acid groups (broad SMARTS) is 1. The van der Waals surface area contributed by atoms with Gasteiger partial charge in [-0.2, -0.15) is 5.26 Å². The molecule has 1 heterocycles. The summed E-state index contributed by atoms with van der Waals surface area (Å²) in [5.74, 6) is -1.12.